The van der Waals surface area contributed by atoms with E-state index in [1.807, 2.05) is 6.92 Å². The van der Waals surface area contributed by atoms with Gasteiger partial charge >= 0.3 is 0 Å². The SMILES string of the molecule is Cc1cc(F)ccc1OCCNC(C)C1CC1. The molecule has 0 bridgehead atoms. The molecule has 94 valence electrons. The molecule has 1 fully saturated rings. The van der Waals surface area contributed by atoms with Crippen LogP contribution in [-0.4, -0.2) is 19.2 Å². The fraction of sp³-hybridized carbons (Fsp3) is 0.571. The predicted molar refractivity (Wildman–Crippen MR) is 66.8 cm³/mol. The molecule has 0 aliphatic heterocycles. The Bertz CT molecular complexity index is 376. The van der Waals surface area contributed by atoms with Gasteiger partial charge in [0.1, 0.15) is 18.2 Å². The molecule has 1 aliphatic rings. The molecule has 1 unspecified atom stereocenters. The van der Waals surface area contributed by atoms with Gasteiger partial charge in [-0.15, -0.1) is 0 Å². The fourth-order valence-corrected chi connectivity index (χ4v) is 1.99. The number of hydrogen-bond donors (Lipinski definition) is 1. The van der Waals surface area contributed by atoms with Crippen molar-refractivity contribution >= 4 is 0 Å². The highest BCUT2D eigenvalue weighted by Crippen LogP contribution is 2.32. The second-order valence-corrected chi connectivity index (χ2v) is 4.84. The molecule has 0 saturated heterocycles. The van der Waals surface area contributed by atoms with E-state index in [1.165, 1.54) is 25.0 Å². The molecule has 2 rings (SSSR count). The van der Waals surface area contributed by atoms with E-state index in [9.17, 15) is 4.39 Å². The van der Waals surface area contributed by atoms with Gasteiger partial charge in [-0.25, -0.2) is 4.39 Å². The maximum atomic E-state index is 12.9. The average Bonchev–Trinajstić information content (AvgIpc) is 3.10. The molecular formula is C14H20FNO. The fourth-order valence-electron chi connectivity index (χ4n) is 1.99. The van der Waals surface area contributed by atoms with Crippen LogP contribution in [-0.2, 0) is 0 Å². The number of halogens is 1. The van der Waals surface area contributed by atoms with Crippen molar-refractivity contribution in [2.24, 2.45) is 5.92 Å². The highest BCUT2D eigenvalue weighted by Gasteiger charge is 2.27. The highest BCUT2D eigenvalue weighted by molar-refractivity contribution is 5.32. The van der Waals surface area contributed by atoms with Crippen molar-refractivity contribution in [3.8, 4) is 5.75 Å². The molecule has 3 heteroatoms. The van der Waals surface area contributed by atoms with Crippen molar-refractivity contribution in [3.63, 3.8) is 0 Å². The van der Waals surface area contributed by atoms with Gasteiger partial charge in [-0.2, -0.15) is 0 Å². The number of benzene rings is 1. The Hall–Kier alpha value is -1.09. The summed E-state index contributed by atoms with van der Waals surface area (Å²) < 4.78 is 18.5. The molecule has 0 aromatic heterocycles. The Morgan fingerprint density at radius 2 is 2.24 bits per heavy atom. The topological polar surface area (TPSA) is 21.3 Å². The summed E-state index contributed by atoms with van der Waals surface area (Å²) >= 11 is 0. The van der Waals surface area contributed by atoms with E-state index in [-0.39, 0.29) is 5.82 Å². The molecule has 17 heavy (non-hydrogen) atoms. The van der Waals surface area contributed by atoms with E-state index >= 15 is 0 Å². The lowest BCUT2D eigenvalue weighted by molar-refractivity contribution is 0.301. The lowest BCUT2D eigenvalue weighted by atomic mass is 10.2. The van der Waals surface area contributed by atoms with Gasteiger partial charge in [0.15, 0.2) is 0 Å². The molecule has 0 amide bonds. The maximum Gasteiger partial charge on any atom is 0.123 e. The summed E-state index contributed by atoms with van der Waals surface area (Å²) in [5.41, 5.74) is 0.847. The first-order valence-electron chi connectivity index (χ1n) is 6.29. The predicted octanol–water partition coefficient (Wildman–Crippen LogP) is 2.90. The first kappa shape index (κ1) is 12.4. The molecule has 1 aliphatic carbocycles. The van der Waals surface area contributed by atoms with Gasteiger partial charge in [-0.3, -0.25) is 0 Å². The van der Waals surface area contributed by atoms with E-state index in [1.54, 1.807) is 6.07 Å². The largest absolute Gasteiger partial charge is 0.492 e. The Morgan fingerprint density at radius 1 is 1.47 bits per heavy atom. The molecule has 2 nitrogen and oxygen atoms in total. The zero-order valence-corrected chi connectivity index (χ0v) is 10.5. The van der Waals surface area contributed by atoms with Crippen LogP contribution >= 0.6 is 0 Å². The zero-order chi connectivity index (χ0) is 12.3. The van der Waals surface area contributed by atoms with Crippen molar-refractivity contribution in [1.29, 1.82) is 0 Å². The monoisotopic (exact) mass is 237 g/mol. The third-order valence-corrected chi connectivity index (χ3v) is 3.29. The Kier molecular flexibility index (Phi) is 4.00. The van der Waals surface area contributed by atoms with Gasteiger partial charge < -0.3 is 10.1 Å². The average molecular weight is 237 g/mol. The number of nitrogens with one attached hydrogen (secondary N) is 1. The van der Waals surface area contributed by atoms with Crippen LogP contribution < -0.4 is 10.1 Å². The van der Waals surface area contributed by atoms with Gasteiger partial charge in [0.25, 0.3) is 0 Å². The Labute approximate surface area is 102 Å². The van der Waals surface area contributed by atoms with Crippen LogP contribution in [0.25, 0.3) is 0 Å². The molecule has 1 N–H and O–H groups in total. The van der Waals surface area contributed by atoms with E-state index in [0.29, 0.717) is 12.6 Å². The minimum absolute atomic E-state index is 0.213. The van der Waals surface area contributed by atoms with Crippen molar-refractivity contribution in [2.75, 3.05) is 13.2 Å². The number of rotatable bonds is 6. The lowest BCUT2D eigenvalue weighted by Gasteiger charge is -2.14. The maximum absolute atomic E-state index is 12.9. The standard InChI is InChI=1S/C14H20FNO/c1-10-9-13(15)5-6-14(10)17-8-7-16-11(2)12-3-4-12/h5-6,9,11-12,16H,3-4,7-8H2,1-2H3. The van der Waals surface area contributed by atoms with Gasteiger partial charge in [-0.05, 0) is 56.4 Å². The Morgan fingerprint density at radius 3 is 2.88 bits per heavy atom. The van der Waals surface area contributed by atoms with Crippen molar-refractivity contribution < 1.29 is 9.13 Å². The van der Waals surface area contributed by atoms with E-state index in [4.69, 9.17) is 4.74 Å². The van der Waals surface area contributed by atoms with Crippen LogP contribution in [0.2, 0.25) is 0 Å². The summed E-state index contributed by atoms with van der Waals surface area (Å²) in [6, 6.07) is 5.21. The minimum Gasteiger partial charge on any atom is -0.492 e. The van der Waals surface area contributed by atoms with Crippen LogP contribution in [0.1, 0.15) is 25.3 Å². The van der Waals surface area contributed by atoms with Crippen molar-refractivity contribution in [3.05, 3.63) is 29.6 Å². The van der Waals surface area contributed by atoms with Gasteiger partial charge in [-0.1, -0.05) is 0 Å². The number of ether oxygens (including phenoxy) is 1. The first-order valence-corrected chi connectivity index (χ1v) is 6.29. The summed E-state index contributed by atoms with van der Waals surface area (Å²) in [7, 11) is 0. The van der Waals surface area contributed by atoms with Crippen LogP contribution in [0.5, 0.6) is 5.75 Å². The summed E-state index contributed by atoms with van der Waals surface area (Å²) in [6.07, 6.45) is 2.71. The lowest BCUT2D eigenvalue weighted by Crippen LogP contribution is -2.31. The molecular weight excluding hydrogens is 217 g/mol. The van der Waals surface area contributed by atoms with Crippen LogP contribution in [0, 0.1) is 18.7 Å². The second-order valence-electron chi connectivity index (χ2n) is 4.84. The Balaban J connectivity index is 1.70. The molecule has 1 aromatic carbocycles. The molecule has 1 aromatic rings. The zero-order valence-electron chi connectivity index (χ0n) is 10.5. The molecule has 0 heterocycles. The van der Waals surface area contributed by atoms with Gasteiger partial charge in [0.2, 0.25) is 0 Å². The molecule has 1 saturated carbocycles. The number of aryl methyl sites for hydroxylation is 1. The summed E-state index contributed by atoms with van der Waals surface area (Å²) in [5, 5.41) is 3.45. The van der Waals surface area contributed by atoms with Crippen LogP contribution in [0.3, 0.4) is 0 Å². The summed E-state index contributed by atoms with van der Waals surface area (Å²) in [5.74, 6) is 1.42. The normalized spacial score (nSPS) is 16.9. The summed E-state index contributed by atoms with van der Waals surface area (Å²) in [6.45, 7) is 5.55. The third kappa shape index (κ3) is 3.70. The summed E-state index contributed by atoms with van der Waals surface area (Å²) in [4.78, 5) is 0. The van der Waals surface area contributed by atoms with Crippen LogP contribution in [0.15, 0.2) is 18.2 Å². The van der Waals surface area contributed by atoms with E-state index in [0.717, 1.165) is 23.8 Å². The van der Waals surface area contributed by atoms with Gasteiger partial charge in [0.05, 0.1) is 0 Å². The third-order valence-electron chi connectivity index (χ3n) is 3.29. The van der Waals surface area contributed by atoms with E-state index < -0.39 is 0 Å². The van der Waals surface area contributed by atoms with Crippen molar-refractivity contribution in [2.45, 2.75) is 32.7 Å². The molecule has 0 radical (unpaired) electrons. The molecule has 1 atom stereocenters. The smallest absolute Gasteiger partial charge is 0.123 e. The van der Waals surface area contributed by atoms with Crippen molar-refractivity contribution in [1.82, 2.24) is 5.32 Å². The van der Waals surface area contributed by atoms with Gasteiger partial charge in [0, 0.05) is 12.6 Å². The highest BCUT2D eigenvalue weighted by atomic mass is 19.1. The molecule has 0 spiro atoms. The number of hydrogen-bond acceptors (Lipinski definition) is 2. The minimum atomic E-state index is -0.213. The first-order chi connectivity index (χ1) is 8.16. The van der Waals surface area contributed by atoms with E-state index in [2.05, 4.69) is 12.2 Å². The quantitative estimate of drug-likeness (QED) is 0.768. The van der Waals surface area contributed by atoms with Crippen LogP contribution in [0.4, 0.5) is 4.39 Å². The second kappa shape index (κ2) is 5.50.